The molecule has 0 aliphatic heterocycles. The summed E-state index contributed by atoms with van der Waals surface area (Å²) in [5.74, 6) is 0. The van der Waals surface area contributed by atoms with Crippen LogP contribution in [-0.2, 0) is 6.42 Å². The molecule has 1 atom stereocenters. The summed E-state index contributed by atoms with van der Waals surface area (Å²) in [5.41, 5.74) is 4.81. The van der Waals surface area contributed by atoms with Crippen LogP contribution in [0.15, 0.2) is 48.2 Å². The fraction of sp³-hybridized carbons (Fsp3) is 0.308. The number of aliphatic hydroxyl groups excluding tert-OH is 1. The molecule has 0 spiro atoms. The van der Waals surface area contributed by atoms with Gasteiger partial charge >= 0.3 is 0 Å². The summed E-state index contributed by atoms with van der Waals surface area (Å²) in [6.07, 6.45) is 1.00. The second-order valence-corrected chi connectivity index (χ2v) is 3.26. The van der Waals surface area contributed by atoms with Crippen LogP contribution in [0.5, 0.6) is 0 Å². The molecule has 0 aliphatic carbocycles. The third kappa shape index (κ3) is 2.88. The minimum Gasteiger partial charge on any atom is -0.388 e. The number of rotatable bonds is 4. The highest BCUT2D eigenvalue weighted by Crippen LogP contribution is 2.11. The lowest BCUT2D eigenvalue weighted by molar-refractivity contribution is 0.208. The summed E-state index contributed by atoms with van der Waals surface area (Å²) in [7, 11) is 0. The van der Waals surface area contributed by atoms with Gasteiger partial charge in [-0.2, -0.15) is 0 Å². The fourth-order valence-corrected chi connectivity index (χ4v) is 1.44. The van der Waals surface area contributed by atoms with E-state index in [-0.39, 0.29) is 0 Å². The molecule has 1 N–H and O–H groups in total. The SMILES string of the molecule is C=C=C(CC)C(O)Cc1ccccc1. The van der Waals surface area contributed by atoms with Crippen LogP contribution in [0.3, 0.4) is 0 Å². The van der Waals surface area contributed by atoms with E-state index >= 15 is 0 Å². The highest BCUT2D eigenvalue weighted by molar-refractivity contribution is 5.18. The van der Waals surface area contributed by atoms with E-state index in [9.17, 15) is 5.11 Å². The van der Waals surface area contributed by atoms with E-state index < -0.39 is 6.10 Å². The molecule has 0 amide bonds. The maximum absolute atomic E-state index is 9.82. The van der Waals surface area contributed by atoms with E-state index in [0.717, 1.165) is 17.6 Å². The summed E-state index contributed by atoms with van der Waals surface area (Å²) in [6.45, 7) is 5.57. The van der Waals surface area contributed by atoms with Crippen LogP contribution in [-0.4, -0.2) is 11.2 Å². The lowest BCUT2D eigenvalue weighted by Crippen LogP contribution is -2.12. The Morgan fingerprint density at radius 2 is 2.07 bits per heavy atom. The first-order valence-corrected chi connectivity index (χ1v) is 4.88. The Balaban J connectivity index is 2.66. The van der Waals surface area contributed by atoms with E-state index in [4.69, 9.17) is 0 Å². The Labute approximate surface area is 85.4 Å². The van der Waals surface area contributed by atoms with E-state index in [1.54, 1.807) is 0 Å². The minimum atomic E-state index is -0.445. The summed E-state index contributed by atoms with van der Waals surface area (Å²) in [4.78, 5) is 0. The molecule has 0 saturated carbocycles. The van der Waals surface area contributed by atoms with Gasteiger partial charge in [0.05, 0.1) is 6.10 Å². The molecule has 1 rings (SSSR count). The van der Waals surface area contributed by atoms with Crippen molar-refractivity contribution in [2.75, 3.05) is 0 Å². The molecule has 1 unspecified atom stereocenters. The lowest BCUT2D eigenvalue weighted by Gasteiger charge is -2.11. The standard InChI is InChI=1S/C13H16O/c1-3-12(4-2)13(14)10-11-8-6-5-7-9-11/h5-9,13-14H,1,4,10H2,2H3. The Bertz CT molecular complexity index is 320. The summed E-state index contributed by atoms with van der Waals surface area (Å²) >= 11 is 0. The molecular weight excluding hydrogens is 172 g/mol. The van der Waals surface area contributed by atoms with E-state index in [1.165, 1.54) is 0 Å². The third-order valence-electron chi connectivity index (χ3n) is 2.28. The number of hydrogen-bond acceptors (Lipinski definition) is 1. The number of benzene rings is 1. The minimum absolute atomic E-state index is 0.445. The van der Waals surface area contributed by atoms with Gasteiger partial charge in [-0.3, -0.25) is 0 Å². The topological polar surface area (TPSA) is 20.2 Å². The van der Waals surface area contributed by atoms with Crippen LogP contribution in [0.4, 0.5) is 0 Å². The predicted molar refractivity (Wildman–Crippen MR) is 59.1 cm³/mol. The molecular formula is C13H16O. The molecule has 0 heterocycles. The van der Waals surface area contributed by atoms with Crippen LogP contribution >= 0.6 is 0 Å². The van der Waals surface area contributed by atoms with Crippen LogP contribution in [0.25, 0.3) is 0 Å². The number of hydrogen-bond donors (Lipinski definition) is 1. The van der Waals surface area contributed by atoms with Crippen LogP contribution in [0, 0.1) is 0 Å². The van der Waals surface area contributed by atoms with Crippen molar-refractivity contribution < 1.29 is 5.11 Å². The van der Waals surface area contributed by atoms with Crippen molar-refractivity contribution in [3.8, 4) is 0 Å². The second-order valence-electron chi connectivity index (χ2n) is 3.26. The largest absolute Gasteiger partial charge is 0.388 e. The molecule has 0 aliphatic rings. The Hall–Kier alpha value is -1.30. The fourth-order valence-electron chi connectivity index (χ4n) is 1.44. The molecule has 0 fully saturated rings. The summed E-state index contributed by atoms with van der Waals surface area (Å²) < 4.78 is 0. The van der Waals surface area contributed by atoms with E-state index in [2.05, 4.69) is 12.3 Å². The average Bonchev–Trinajstić information content (AvgIpc) is 2.21. The van der Waals surface area contributed by atoms with Crippen molar-refractivity contribution in [1.82, 2.24) is 0 Å². The maximum Gasteiger partial charge on any atom is 0.0863 e. The second kappa shape index (κ2) is 5.43. The molecule has 1 aromatic rings. The van der Waals surface area contributed by atoms with Gasteiger partial charge in [0, 0.05) is 6.42 Å². The normalized spacial score (nSPS) is 11.9. The average molecular weight is 188 g/mol. The summed E-state index contributed by atoms with van der Waals surface area (Å²) in [6, 6.07) is 9.95. The zero-order valence-electron chi connectivity index (χ0n) is 8.53. The van der Waals surface area contributed by atoms with E-state index in [0.29, 0.717) is 6.42 Å². The molecule has 0 radical (unpaired) electrons. The van der Waals surface area contributed by atoms with Gasteiger partial charge in [0.15, 0.2) is 0 Å². The molecule has 0 bridgehead atoms. The third-order valence-corrected chi connectivity index (χ3v) is 2.28. The smallest absolute Gasteiger partial charge is 0.0863 e. The maximum atomic E-state index is 9.82. The molecule has 1 aromatic carbocycles. The van der Waals surface area contributed by atoms with Crippen molar-refractivity contribution in [2.24, 2.45) is 0 Å². The lowest BCUT2D eigenvalue weighted by atomic mass is 10.0. The predicted octanol–water partition coefficient (Wildman–Crippen LogP) is 2.71. The van der Waals surface area contributed by atoms with Crippen LogP contribution in [0.2, 0.25) is 0 Å². The van der Waals surface area contributed by atoms with Gasteiger partial charge in [0.25, 0.3) is 0 Å². The van der Waals surface area contributed by atoms with Crippen LogP contribution < -0.4 is 0 Å². The highest BCUT2D eigenvalue weighted by atomic mass is 16.3. The first-order valence-electron chi connectivity index (χ1n) is 4.88. The Morgan fingerprint density at radius 1 is 1.43 bits per heavy atom. The molecule has 0 saturated heterocycles. The monoisotopic (exact) mass is 188 g/mol. The van der Waals surface area contributed by atoms with Crippen molar-refractivity contribution in [2.45, 2.75) is 25.9 Å². The van der Waals surface area contributed by atoms with Gasteiger partial charge < -0.3 is 5.11 Å². The van der Waals surface area contributed by atoms with Gasteiger partial charge in [-0.25, -0.2) is 0 Å². The van der Waals surface area contributed by atoms with Crippen molar-refractivity contribution >= 4 is 0 Å². The molecule has 14 heavy (non-hydrogen) atoms. The zero-order valence-corrected chi connectivity index (χ0v) is 8.53. The molecule has 0 aromatic heterocycles. The van der Waals surface area contributed by atoms with Crippen LogP contribution in [0.1, 0.15) is 18.9 Å². The summed E-state index contributed by atoms with van der Waals surface area (Å²) in [5, 5.41) is 9.82. The van der Waals surface area contributed by atoms with Gasteiger partial charge in [0.1, 0.15) is 0 Å². The first kappa shape index (κ1) is 10.8. The van der Waals surface area contributed by atoms with Crippen molar-refractivity contribution in [1.29, 1.82) is 0 Å². The highest BCUT2D eigenvalue weighted by Gasteiger charge is 2.08. The van der Waals surface area contributed by atoms with E-state index in [1.807, 2.05) is 37.3 Å². The van der Waals surface area contributed by atoms with Gasteiger partial charge in [0.2, 0.25) is 0 Å². The Kier molecular flexibility index (Phi) is 4.18. The first-order chi connectivity index (χ1) is 6.77. The van der Waals surface area contributed by atoms with Crippen molar-refractivity contribution in [3.63, 3.8) is 0 Å². The van der Waals surface area contributed by atoms with Gasteiger partial charge in [-0.05, 0) is 17.6 Å². The molecule has 74 valence electrons. The van der Waals surface area contributed by atoms with Gasteiger partial charge in [-0.1, -0.05) is 43.8 Å². The quantitative estimate of drug-likeness (QED) is 0.720. The Morgan fingerprint density at radius 3 is 2.57 bits per heavy atom. The number of aliphatic hydroxyl groups is 1. The zero-order chi connectivity index (χ0) is 10.4. The molecule has 1 nitrogen and oxygen atoms in total. The van der Waals surface area contributed by atoms with Crippen molar-refractivity contribution in [3.05, 3.63) is 53.8 Å². The molecule has 1 heteroatoms. The van der Waals surface area contributed by atoms with Gasteiger partial charge in [-0.15, -0.1) is 5.73 Å².